The minimum atomic E-state index is -0.596. The highest BCUT2D eigenvalue weighted by Gasteiger charge is 2.25. The Hall–Kier alpha value is -0.910. The molecule has 0 radical (unpaired) electrons. The van der Waals surface area contributed by atoms with Gasteiger partial charge in [-0.15, -0.1) is 0 Å². The molecule has 3 nitrogen and oxygen atoms in total. The molecule has 1 amide bonds. The highest BCUT2D eigenvalue weighted by molar-refractivity contribution is 8.23. The van der Waals surface area contributed by atoms with Crippen molar-refractivity contribution in [1.82, 2.24) is 4.90 Å². The summed E-state index contributed by atoms with van der Waals surface area (Å²) >= 11 is 6.62. The fourth-order valence-corrected chi connectivity index (χ4v) is 3.25. The molecule has 0 bridgehead atoms. The van der Waals surface area contributed by atoms with Gasteiger partial charge in [0, 0.05) is 12.3 Å². The first-order valence-corrected chi connectivity index (χ1v) is 7.75. The summed E-state index contributed by atoms with van der Waals surface area (Å²) in [5, 5.41) is 9.93. The van der Waals surface area contributed by atoms with Gasteiger partial charge in [-0.3, -0.25) is 9.69 Å². The number of thiocarbonyl (C=S) groups is 1. The second-order valence-electron chi connectivity index (χ2n) is 4.54. The largest absolute Gasteiger partial charge is 0.393 e. The lowest BCUT2D eigenvalue weighted by atomic mass is 10.0. The molecule has 1 N–H and O–H groups in total. The molecule has 0 spiro atoms. The molecule has 0 aliphatic carbocycles. The average Bonchev–Trinajstić information content (AvgIpc) is 2.84. The number of aryl methyl sites for hydroxylation is 1. The van der Waals surface area contributed by atoms with Crippen LogP contribution in [0.4, 0.5) is 0 Å². The van der Waals surface area contributed by atoms with Crippen molar-refractivity contribution in [3.8, 4) is 0 Å². The molecule has 1 aromatic carbocycles. The molecular formula is C14H17NO2S2. The number of rotatable bonds is 5. The Morgan fingerprint density at radius 2 is 2.16 bits per heavy atom. The predicted molar refractivity (Wildman–Crippen MR) is 82.2 cm³/mol. The second kappa shape index (κ2) is 7.03. The predicted octanol–water partition coefficient (Wildman–Crippen LogP) is 2.23. The quantitative estimate of drug-likeness (QED) is 0.846. The molecule has 1 aromatic rings. The molecule has 1 atom stereocenters. The van der Waals surface area contributed by atoms with Crippen LogP contribution < -0.4 is 0 Å². The number of nitrogens with zero attached hydrogens (tertiary/aromatic N) is 1. The van der Waals surface area contributed by atoms with E-state index in [0.29, 0.717) is 17.3 Å². The topological polar surface area (TPSA) is 40.5 Å². The van der Waals surface area contributed by atoms with E-state index in [4.69, 9.17) is 12.2 Å². The van der Waals surface area contributed by atoms with Crippen molar-refractivity contribution >= 4 is 34.2 Å². The molecule has 0 saturated carbocycles. The molecule has 0 aromatic heterocycles. The third kappa shape index (κ3) is 4.30. The van der Waals surface area contributed by atoms with Gasteiger partial charge in [-0.25, -0.2) is 0 Å². The van der Waals surface area contributed by atoms with Crippen molar-refractivity contribution in [3.63, 3.8) is 0 Å². The van der Waals surface area contributed by atoms with Crippen molar-refractivity contribution in [2.45, 2.75) is 25.4 Å². The molecule has 1 aliphatic heterocycles. The summed E-state index contributed by atoms with van der Waals surface area (Å²) in [5.41, 5.74) is 1.18. The van der Waals surface area contributed by atoms with E-state index < -0.39 is 6.10 Å². The molecule has 1 fully saturated rings. The van der Waals surface area contributed by atoms with E-state index in [9.17, 15) is 9.90 Å². The molecular weight excluding hydrogens is 278 g/mol. The summed E-state index contributed by atoms with van der Waals surface area (Å²) in [4.78, 5) is 13.5. The van der Waals surface area contributed by atoms with Crippen molar-refractivity contribution < 1.29 is 9.90 Å². The van der Waals surface area contributed by atoms with Crippen LogP contribution in [0.1, 0.15) is 18.4 Å². The summed E-state index contributed by atoms with van der Waals surface area (Å²) in [5.74, 6) is 0.806. The fraction of sp³-hybridized carbons (Fsp3) is 0.429. The summed E-state index contributed by atoms with van der Waals surface area (Å²) in [6.07, 6.45) is 0.951. The monoisotopic (exact) mass is 295 g/mol. The van der Waals surface area contributed by atoms with E-state index in [-0.39, 0.29) is 12.3 Å². The minimum Gasteiger partial charge on any atom is -0.393 e. The van der Waals surface area contributed by atoms with Crippen LogP contribution in [0, 0.1) is 0 Å². The summed E-state index contributed by atoms with van der Waals surface area (Å²) in [6, 6.07) is 9.98. The molecule has 2 rings (SSSR count). The number of amides is 1. The summed E-state index contributed by atoms with van der Waals surface area (Å²) < 4.78 is 0.639. The van der Waals surface area contributed by atoms with E-state index in [1.807, 2.05) is 30.3 Å². The number of carbonyl (C=O) groups excluding carboxylic acids is 1. The Kier molecular flexibility index (Phi) is 5.36. The normalized spacial score (nSPS) is 16.7. The van der Waals surface area contributed by atoms with E-state index in [1.165, 1.54) is 17.3 Å². The molecule has 5 heteroatoms. The van der Waals surface area contributed by atoms with Gasteiger partial charge in [0.25, 0.3) is 0 Å². The first-order valence-electron chi connectivity index (χ1n) is 6.36. The summed E-state index contributed by atoms with van der Waals surface area (Å²) in [6.45, 7) is 0.674. The SMILES string of the molecule is O=C(C[C@H](O)CCc1ccccc1)N1CCSC1=S. The van der Waals surface area contributed by atoms with E-state index in [2.05, 4.69) is 0 Å². The van der Waals surface area contributed by atoms with Gasteiger partial charge >= 0.3 is 0 Å². The zero-order chi connectivity index (χ0) is 13.7. The van der Waals surface area contributed by atoms with Gasteiger partial charge in [-0.05, 0) is 18.4 Å². The van der Waals surface area contributed by atoms with Crippen LogP contribution in [-0.4, -0.2) is 38.6 Å². The van der Waals surface area contributed by atoms with Crippen molar-refractivity contribution in [2.75, 3.05) is 12.3 Å². The lowest BCUT2D eigenvalue weighted by Crippen LogP contribution is -2.33. The molecule has 1 saturated heterocycles. The first kappa shape index (κ1) is 14.5. The number of aliphatic hydroxyl groups is 1. The van der Waals surface area contributed by atoms with Crippen LogP contribution in [0.15, 0.2) is 30.3 Å². The Balaban J connectivity index is 1.76. The van der Waals surface area contributed by atoms with E-state index in [1.54, 1.807) is 4.90 Å². The maximum atomic E-state index is 11.9. The molecule has 1 aliphatic rings. The maximum absolute atomic E-state index is 11.9. The highest BCUT2D eigenvalue weighted by Crippen LogP contribution is 2.19. The fourth-order valence-electron chi connectivity index (χ4n) is 2.01. The average molecular weight is 295 g/mol. The Morgan fingerprint density at radius 1 is 1.42 bits per heavy atom. The van der Waals surface area contributed by atoms with Gasteiger partial charge < -0.3 is 5.11 Å². The zero-order valence-electron chi connectivity index (χ0n) is 10.6. The number of carbonyl (C=O) groups is 1. The zero-order valence-corrected chi connectivity index (χ0v) is 12.3. The van der Waals surface area contributed by atoms with Gasteiger partial charge in [0.2, 0.25) is 5.91 Å². The van der Waals surface area contributed by atoms with Gasteiger partial charge in [0.05, 0.1) is 12.5 Å². The summed E-state index contributed by atoms with van der Waals surface area (Å²) in [7, 11) is 0. The van der Waals surface area contributed by atoms with Crippen LogP contribution in [0.25, 0.3) is 0 Å². The smallest absolute Gasteiger partial charge is 0.230 e. The van der Waals surface area contributed by atoms with Crippen molar-refractivity contribution in [3.05, 3.63) is 35.9 Å². The number of hydrogen-bond donors (Lipinski definition) is 1. The Labute approximate surface area is 123 Å². The third-order valence-electron chi connectivity index (χ3n) is 3.08. The number of aliphatic hydroxyl groups excluding tert-OH is 1. The van der Waals surface area contributed by atoms with E-state index in [0.717, 1.165) is 12.2 Å². The van der Waals surface area contributed by atoms with E-state index >= 15 is 0 Å². The van der Waals surface area contributed by atoms with Gasteiger partial charge in [0.15, 0.2) is 0 Å². The number of hydrogen-bond acceptors (Lipinski definition) is 4. The Bertz CT molecular complexity index is 450. The van der Waals surface area contributed by atoms with Gasteiger partial charge in [0.1, 0.15) is 4.32 Å². The van der Waals surface area contributed by atoms with Crippen LogP contribution in [-0.2, 0) is 11.2 Å². The minimum absolute atomic E-state index is 0.0597. The van der Waals surface area contributed by atoms with Gasteiger partial charge in [-0.2, -0.15) is 0 Å². The second-order valence-corrected chi connectivity index (χ2v) is 6.27. The Morgan fingerprint density at radius 3 is 2.79 bits per heavy atom. The highest BCUT2D eigenvalue weighted by atomic mass is 32.2. The lowest BCUT2D eigenvalue weighted by Gasteiger charge is -2.17. The first-order chi connectivity index (χ1) is 9.16. The van der Waals surface area contributed by atoms with Crippen LogP contribution in [0.2, 0.25) is 0 Å². The lowest BCUT2D eigenvalue weighted by molar-refractivity contribution is -0.128. The maximum Gasteiger partial charge on any atom is 0.230 e. The van der Waals surface area contributed by atoms with Crippen LogP contribution in [0.5, 0.6) is 0 Å². The van der Waals surface area contributed by atoms with Crippen molar-refractivity contribution in [1.29, 1.82) is 0 Å². The molecule has 1 heterocycles. The molecule has 102 valence electrons. The van der Waals surface area contributed by atoms with Gasteiger partial charge in [-0.1, -0.05) is 54.3 Å². The number of benzene rings is 1. The number of thioether (sulfide) groups is 1. The van der Waals surface area contributed by atoms with Crippen LogP contribution in [0.3, 0.4) is 0 Å². The standard InChI is InChI=1S/C14H17NO2S2/c16-12(7-6-11-4-2-1-3-5-11)10-13(17)15-8-9-19-14(15)18/h1-5,12,16H,6-10H2/t12-/m1/s1. The third-order valence-corrected chi connectivity index (χ3v) is 4.51. The van der Waals surface area contributed by atoms with Crippen molar-refractivity contribution in [2.24, 2.45) is 0 Å². The van der Waals surface area contributed by atoms with Crippen LogP contribution >= 0.6 is 24.0 Å². The molecule has 0 unspecified atom stereocenters. The molecule has 19 heavy (non-hydrogen) atoms.